The van der Waals surface area contributed by atoms with Crippen molar-refractivity contribution in [1.82, 2.24) is 31.9 Å². The van der Waals surface area contributed by atoms with Crippen LogP contribution in [0.15, 0.2) is 0 Å². The molecule has 6 unspecified atom stereocenters. The van der Waals surface area contributed by atoms with Crippen LogP contribution in [0.4, 0.5) is 0 Å². The topological polar surface area (TPSA) is 175 Å². The highest BCUT2D eigenvalue weighted by Gasteiger charge is 2.28. The lowest BCUT2D eigenvalue weighted by atomic mass is 10.2. The maximum absolute atomic E-state index is 12.2. The van der Waals surface area contributed by atoms with Gasteiger partial charge < -0.3 is 31.9 Å². The number of hydrogen-bond acceptors (Lipinski definition) is 6. The Bertz CT molecular complexity index is 579. The molecular formula is C32H72N6O6. The van der Waals surface area contributed by atoms with E-state index in [9.17, 15) is 28.8 Å². The highest BCUT2D eigenvalue weighted by atomic mass is 16.2. The fraction of sp³-hybridized carbons (Fsp3) is 0.812. The van der Waals surface area contributed by atoms with Gasteiger partial charge in [0.05, 0.1) is 0 Å². The third-order valence-electron chi connectivity index (χ3n) is 4.51. The van der Waals surface area contributed by atoms with E-state index in [0.717, 1.165) is 0 Å². The Labute approximate surface area is 270 Å². The molecule has 0 radical (unpaired) electrons. The first kappa shape index (κ1) is 56.6. The number of carbonyl (C=O) groups is 6. The monoisotopic (exact) mass is 637 g/mol. The summed E-state index contributed by atoms with van der Waals surface area (Å²) in [5.41, 5.74) is 0. The van der Waals surface area contributed by atoms with E-state index in [1.54, 1.807) is 0 Å². The van der Waals surface area contributed by atoms with Crippen molar-refractivity contribution < 1.29 is 28.8 Å². The second-order valence-corrected chi connectivity index (χ2v) is 7.38. The molecular weight excluding hydrogens is 564 g/mol. The zero-order valence-electron chi connectivity index (χ0n) is 31.9. The van der Waals surface area contributed by atoms with Crippen molar-refractivity contribution >= 4 is 35.4 Å². The fourth-order valence-electron chi connectivity index (χ4n) is 2.42. The molecule has 0 bridgehead atoms. The van der Waals surface area contributed by atoms with Crippen LogP contribution in [0, 0.1) is 0 Å². The van der Waals surface area contributed by atoms with Crippen LogP contribution in [0.3, 0.4) is 0 Å². The van der Waals surface area contributed by atoms with Crippen LogP contribution >= 0.6 is 0 Å². The van der Waals surface area contributed by atoms with Crippen LogP contribution in [-0.4, -0.2) is 71.7 Å². The zero-order valence-corrected chi connectivity index (χ0v) is 31.9. The summed E-state index contributed by atoms with van der Waals surface area (Å²) in [4.78, 5) is 73.4. The second kappa shape index (κ2) is 39.8. The molecule has 1 aliphatic heterocycles. The van der Waals surface area contributed by atoms with E-state index in [1.807, 2.05) is 96.9 Å². The van der Waals surface area contributed by atoms with Gasteiger partial charge in [0.15, 0.2) is 0 Å². The van der Waals surface area contributed by atoms with Gasteiger partial charge in [-0.3, -0.25) is 28.8 Å². The van der Waals surface area contributed by atoms with Crippen LogP contribution in [0.25, 0.3) is 0 Å². The summed E-state index contributed by atoms with van der Waals surface area (Å²) in [7, 11) is 0. The van der Waals surface area contributed by atoms with Gasteiger partial charge in [-0.15, -0.1) is 0 Å². The molecule has 0 aliphatic carbocycles. The van der Waals surface area contributed by atoms with Gasteiger partial charge in [0.1, 0.15) is 36.3 Å². The molecule has 6 atom stereocenters. The van der Waals surface area contributed by atoms with E-state index < -0.39 is 71.7 Å². The van der Waals surface area contributed by atoms with Gasteiger partial charge in [0.25, 0.3) is 0 Å². The molecule has 44 heavy (non-hydrogen) atoms. The van der Waals surface area contributed by atoms with Crippen LogP contribution < -0.4 is 31.9 Å². The lowest BCUT2D eigenvalue weighted by Gasteiger charge is -2.24. The smallest absolute Gasteiger partial charge is 0.242 e. The SMILES string of the molecule is CC.CC.CC.CC.CC.CC.CC.CC1NC(=O)C(C)NC(=O)C(C)NC(=O)C(C)NC(=O)C(C)NC(=O)C(C)NC1=O. The van der Waals surface area contributed by atoms with Crippen molar-refractivity contribution in [2.45, 2.75) is 175 Å². The van der Waals surface area contributed by atoms with Gasteiger partial charge >= 0.3 is 0 Å². The summed E-state index contributed by atoms with van der Waals surface area (Å²) in [5.74, 6) is -3.68. The molecule has 266 valence electrons. The Morgan fingerprint density at radius 1 is 0.250 bits per heavy atom. The van der Waals surface area contributed by atoms with E-state index in [-0.39, 0.29) is 0 Å². The zero-order chi connectivity index (χ0) is 37.2. The molecule has 6 N–H and O–H groups in total. The molecule has 0 aromatic carbocycles. The second-order valence-electron chi connectivity index (χ2n) is 7.38. The summed E-state index contributed by atoms with van der Waals surface area (Å²) >= 11 is 0. The minimum atomic E-state index is -0.982. The number of carbonyl (C=O) groups excluding carboxylic acids is 6. The molecule has 0 spiro atoms. The number of amides is 6. The van der Waals surface area contributed by atoms with Crippen molar-refractivity contribution in [3.05, 3.63) is 0 Å². The molecule has 0 aromatic heterocycles. The molecule has 1 fully saturated rings. The first-order valence-corrected chi connectivity index (χ1v) is 16.7. The predicted molar refractivity (Wildman–Crippen MR) is 185 cm³/mol. The van der Waals surface area contributed by atoms with Gasteiger partial charge in [0.2, 0.25) is 35.4 Å². The van der Waals surface area contributed by atoms with Gasteiger partial charge in [-0.1, -0.05) is 96.9 Å². The van der Waals surface area contributed by atoms with Gasteiger partial charge in [-0.25, -0.2) is 0 Å². The normalized spacial score (nSPS) is 23.5. The predicted octanol–water partition coefficient (Wildman–Crippen LogP) is 4.21. The van der Waals surface area contributed by atoms with Gasteiger partial charge in [-0.05, 0) is 41.5 Å². The van der Waals surface area contributed by atoms with E-state index in [0.29, 0.717) is 0 Å². The van der Waals surface area contributed by atoms with Crippen LogP contribution in [0.1, 0.15) is 138 Å². The minimum Gasteiger partial charge on any atom is -0.343 e. The van der Waals surface area contributed by atoms with Crippen molar-refractivity contribution in [2.24, 2.45) is 0 Å². The quantitative estimate of drug-likeness (QED) is 0.232. The summed E-state index contributed by atoms with van der Waals surface area (Å²) in [6.45, 7) is 36.5. The van der Waals surface area contributed by atoms with E-state index in [2.05, 4.69) is 31.9 Å². The van der Waals surface area contributed by atoms with Gasteiger partial charge in [0, 0.05) is 0 Å². The molecule has 1 saturated heterocycles. The van der Waals surface area contributed by atoms with Crippen molar-refractivity contribution in [3.63, 3.8) is 0 Å². The highest BCUT2D eigenvalue weighted by Crippen LogP contribution is 1.95. The summed E-state index contributed by atoms with van der Waals surface area (Å²) in [6, 6.07) is -5.89. The van der Waals surface area contributed by atoms with Crippen LogP contribution in [0.5, 0.6) is 0 Å². The third kappa shape index (κ3) is 27.6. The van der Waals surface area contributed by atoms with Crippen molar-refractivity contribution in [1.29, 1.82) is 0 Å². The fourth-order valence-corrected chi connectivity index (χ4v) is 2.42. The molecule has 1 heterocycles. The average molecular weight is 637 g/mol. The largest absolute Gasteiger partial charge is 0.343 e. The van der Waals surface area contributed by atoms with Crippen LogP contribution in [0.2, 0.25) is 0 Å². The van der Waals surface area contributed by atoms with Crippen LogP contribution in [-0.2, 0) is 28.8 Å². The Morgan fingerprint density at radius 2 is 0.318 bits per heavy atom. The molecule has 12 heteroatoms. The molecule has 1 rings (SSSR count). The minimum absolute atomic E-state index is 0.614. The van der Waals surface area contributed by atoms with Crippen molar-refractivity contribution in [3.8, 4) is 0 Å². The summed E-state index contributed by atoms with van der Waals surface area (Å²) < 4.78 is 0. The average Bonchev–Trinajstić information content (AvgIpc) is 3.06. The van der Waals surface area contributed by atoms with E-state index in [4.69, 9.17) is 0 Å². The standard InChI is InChI=1S/C18H30N6O6.7C2H6/c1-7-13(25)20-9(3)15(27)22-11(5)17(29)24-12(6)18(30)23-10(4)16(28)21-8(2)14(26)19-7;7*1-2/h7-12H,1-6H3,(H,19,26)(H,20,25)(H,21,28)(H,22,27)(H,23,30)(H,24,29);7*1-2H3. The maximum Gasteiger partial charge on any atom is 0.242 e. The summed E-state index contributed by atoms with van der Waals surface area (Å²) in [6.07, 6.45) is 0. The Morgan fingerprint density at radius 3 is 0.386 bits per heavy atom. The third-order valence-corrected chi connectivity index (χ3v) is 4.51. The Kier molecular flexibility index (Phi) is 51.2. The highest BCUT2D eigenvalue weighted by molar-refractivity contribution is 5.97. The molecule has 0 saturated carbocycles. The van der Waals surface area contributed by atoms with Gasteiger partial charge in [-0.2, -0.15) is 0 Å². The summed E-state index contributed by atoms with van der Waals surface area (Å²) in [5, 5.41) is 14.6. The molecule has 12 nitrogen and oxygen atoms in total. The number of rotatable bonds is 0. The molecule has 6 amide bonds. The first-order valence-electron chi connectivity index (χ1n) is 16.7. The maximum atomic E-state index is 12.2. The Balaban J connectivity index is -0.000000171. The number of hydrogen-bond donors (Lipinski definition) is 6. The lowest BCUT2D eigenvalue weighted by Crippen LogP contribution is -2.59. The van der Waals surface area contributed by atoms with E-state index in [1.165, 1.54) is 41.5 Å². The Hall–Kier alpha value is -3.18. The molecule has 1 aliphatic rings. The first-order chi connectivity index (χ1) is 20.8. The van der Waals surface area contributed by atoms with E-state index >= 15 is 0 Å². The number of nitrogens with one attached hydrogen (secondary N) is 6. The lowest BCUT2D eigenvalue weighted by molar-refractivity contribution is -0.135. The van der Waals surface area contributed by atoms with Crippen molar-refractivity contribution in [2.75, 3.05) is 0 Å². The molecule has 0 aromatic rings.